The molecule has 8 nitrogen and oxygen atoms in total. The Labute approximate surface area is 194 Å². The second-order valence-corrected chi connectivity index (χ2v) is 10.5. The van der Waals surface area contributed by atoms with E-state index in [1.54, 1.807) is 29.1 Å². The molecular weight excluding hydrogens is 459 g/mol. The first-order chi connectivity index (χ1) is 16.3. The Morgan fingerprint density at radius 1 is 1.15 bits per heavy atom. The van der Waals surface area contributed by atoms with Crippen LogP contribution in [0.25, 0.3) is 16.6 Å². The van der Waals surface area contributed by atoms with Gasteiger partial charge in [-0.3, -0.25) is 9.20 Å². The number of carbonyl (C=O) groups excluding carboxylic acids is 1. The molecule has 2 aliphatic rings. The van der Waals surface area contributed by atoms with E-state index in [2.05, 4.69) is 15.3 Å². The van der Waals surface area contributed by atoms with Gasteiger partial charge >= 0.3 is 0 Å². The van der Waals surface area contributed by atoms with E-state index in [-0.39, 0.29) is 16.4 Å². The summed E-state index contributed by atoms with van der Waals surface area (Å²) in [6, 6.07) is 7.70. The molecule has 0 radical (unpaired) electrons. The predicted octanol–water partition coefficient (Wildman–Crippen LogP) is 3.22. The summed E-state index contributed by atoms with van der Waals surface area (Å²) in [7, 11) is -3.45. The molecule has 34 heavy (non-hydrogen) atoms. The molecule has 172 valence electrons. The van der Waals surface area contributed by atoms with Gasteiger partial charge in [-0.05, 0) is 36.2 Å². The summed E-state index contributed by atoms with van der Waals surface area (Å²) in [4.78, 5) is 21.9. The molecule has 6 rings (SSSR count). The molecule has 0 atom stereocenters. The summed E-state index contributed by atoms with van der Waals surface area (Å²) < 4.78 is 45.9. The van der Waals surface area contributed by atoms with Gasteiger partial charge in [0.05, 0.1) is 22.7 Å². The number of aryl methyl sites for hydroxylation is 1. The summed E-state index contributed by atoms with van der Waals surface area (Å²) in [5.41, 5.74) is 4.00. The molecule has 10 heteroatoms. The van der Waals surface area contributed by atoms with Crippen molar-refractivity contribution in [3.8, 4) is 16.9 Å². The lowest BCUT2D eigenvalue weighted by molar-refractivity contribution is 0.102. The molecule has 0 aliphatic carbocycles. The Bertz CT molecular complexity index is 1630. The summed E-state index contributed by atoms with van der Waals surface area (Å²) in [6.07, 6.45) is 5.84. The number of rotatable bonds is 4. The fourth-order valence-electron chi connectivity index (χ4n) is 4.71. The number of hydrogen-bond donors (Lipinski definition) is 1. The predicted molar refractivity (Wildman–Crippen MR) is 122 cm³/mol. The van der Waals surface area contributed by atoms with E-state index in [4.69, 9.17) is 4.74 Å². The van der Waals surface area contributed by atoms with Crippen molar-refractivity contribution in [3.05, 3.63) is 71.3 Å². The van der Waals surface area contributed by atoms with Gasteiger partial charge in [0.1, 0.15) is 23.7 Å². The van der Waals surface area contributed by atoms with Gasteiger partial charge in [-0.25, -0.2) is 22.8 Å². The minimum Gasteiger partial charge on any atom is -0.493 e. The standard InChI is InChI=1S/C24H19FN4O4S/c1-34(31,32)13-2-3-15-17-11-26-21(7-4-14-16-8-9-33-20(16)6-5-18(14)25)29-12-27-22(23(17)29)24(30)28-19(15)10-13/h2-3,5-6,10-12H,4,7-9H2,1H3,(H,28,30). The van der Waals surface area contributed by atoms with Crippen molar-refractivity contribution in [2.24, 2.45) is 0 Å². The number of ether oxygens (including phenoxy) is 1. The Morgan fingerprint density at radius 2 is 2.00 bits per heavy atom. The third-order valence-electron chi connectivity index (χ3n) is 6.36. The van der Waals surface area contributed by atoms with Crippen LogP contribution < -0.4 is 10.1 Å². The molecule has 1 N–H and O–H groups in total. The maximum atomic E-state index is 14.6. The second-order valence-electron chi connectivity index (χ2n) is 8.43. The smallest absolute Gasteiger partial charge is 0.276 e. The van der Waals surface area contributed by atoms with Crippen LogP contribution in [-0.4, -0.2) is 41.6 Å². The first kappa shape index (κ1) is 20.8. The van der Waals surface area contributed by atoms with Crippen LogP contribution in [-0.2, 0) is 29.1 Å². The first-order valence-electron chi connectivity index (χ1n) is 10.7. The van der Waals surface area contributed by atoms with E-state index in [9.17, 15) is 17.6 Å². The quantitative estimate of drug-likeness (QED) is 0.483. The summed E-state index contributed by atoms with van der Waals surface area (Å²) in [5.74, 6) is 0.658. The Kier molecular flexibility index (Phi) is 4.50. The van der Waals surface area contributed by atoms with Crippen LogP contribution in [0.2, 0.25) is 0 Å². The maximum absolute atomic E-state index is 14.6. The molecule has 0 unspecified atom stereocenters. The fraction of sp³-hybridized carbons (Fsp3) is 0.208. The average molecular weight is 479 g/mol. The number of imidazole rings is 1. The van der Waals surface area contributed by atoms with Gasteiger partial charge in [-0.1, -0.05) is 6.07 Å². The summed E-state index contributed by atoms with van der Waals surface area (Å²) in [6.45, 7) is 0.545. The van der Waals surface area contributed by atoms with Crippen molar-refractivity contribution in [2.45, 2.75) is 24.2 Å². The van der Waals surface area contributed by atoms with Crippen LogP contribution in [0.4, 0.5) is 10.1 Å². The number of aromatic nitrogens is 3. The van der Waals surface area contributed by atoms with E-state index < -0.39 is 15.7 Å². The Balaban J connectivity index is 1.44. The zero-order chi connectivity index (χ0) is 23.6. The normalized spacial score (nSPS) is 14.4. The number of benzene rings is 2. The van der Waals surface area contributed by atoms with Gasteiger partial charge in [-0.2, -0.15) is 0 Å². The summed E-state index contributed by atoms with van der Waals surface area (Å²) in [5, 5.41) is 2.77. The highest BCUT2D eigenvalue weighted by molar-refractivity contribution is 7.90. The molecule has 0 saturated carbocycles. The van der Waals surface area contributed by atoms with Crippen molar-refractivity contribution < 1.29 is 22.3 Å². The first-order valence-corrected chi connectivity index (χ1v) is 12.6. The maximum Gasteiger partial charge on any atom is 0.276 e. The number of fused-ring (bicyclic) bond motifs is 3. The van der Waals surface area contributed by atoms with E-state index in [0.717, 1.165) is 17.6 Å². The Morgan fingerprint density at radius 3 is 2.82 bits per heavy atom. The lowest BCUT2D eigenvalue weighted by Gasteiger charge is -2.12. The van der Waals surface area contributed by atoms with E-state index in [1.165, 1.54) is 18.2 Å². The molecule has 0 saturated heterocycles. The zero-order valence-electron chi connectivity index (χ0n) is 18.1. The number of nitrogens with one attached hydrogen (secondary N) is 1. The number of anilines is 1. The molecular formula is C24H19FN4O4S. The number of halogens is 1. The zero-order valence-corrected chi connectivity index (χ0v) is 18.9. The van der Waals surface area contributed by atoms with E-state index >= 15 is 0 Å². The monoisotopic (exact) mass is 478 g/mol. The fourth-order valence-corrected chi connectivity index (χ4v) is 5.36. The number of carbonyl (C=O) groups is 1. The van der Waals surface area contributed by atoms with Gasteiger partial charge in [0.2, 0.25) is 0 Å². The van der Waals surface area contributed by atoms with E-state index in [1.807, 2.05) is 0 Å². The lowest BCUT2D eigenvalue weighted by Crippen LogP contribution is -2.12. The molecule has 0 fully saturated rings. The van der Waals surface area contributed by atoms with Crippen molar-refractivity contribution in [3.63, 3.8) is 0 Å². The third kappa shape index (κ3) is 3.17. The SMILES string of the molecule is CS(=O)(=O)c1ccc2c(c1)NC(=O)c1ncn3c(CCc4c(F)ccc5c4CCO5)ncc-2c13. The molecule has 2 aliphatic heterocycles. The average Bonchev–Trinajstić information content (AvgIpc) is 3.43. The topological polar surface area (TPSA) is 103 Å². The highest BCUT2D eigenvalue weighted by Gasteiger charge is 2.27. The molecule has 0 bridgehead atoms. The van der Waals surface area contributed by atoms with Gasteiger partial charge < -0.3 is 10.1 Å². The van der Waals surface area contributed by atoms with Crippen LogP contribution in [0.1, 0.15) is 27.4 Å². The van der Waals surface area contributed by atoms with Gasteiger partial charge in [0.15, 0.2) is 15.5 Å². The van der Waals surface area contributed by atoms with E-state index in [0.29, 0.717) is 59.6 Å². The van der Waals surface area contributed by atoms with Crippen molar-refractivity contribution in [1.29, 1.82) is 0 Å². The van der Waals surface area contributed by atoms with Crippen LogP contribution >= 0.6 is 0 Å². The van der Waals surface area contributed by atoms with Crippen molar-refractivity contribution in [1.82, 2.24) is 14.4 Å². The molecule has 0 spiro atoms. The second kappa shape index (κ2) is 7.36. The molecule has 2 aromatic heterocycles. The van der Waals surface area contributed by atoms with Crippen LogP contribution in [0.3, 0.4) is 0 Å². The summed E-state index contributed by atoms with van der Waals surface area (Å²) >= 11 is 0. The highest BCUT2D eigenvalue weighted by atomic mass is 32.2. The van der Waals surface area contributed by atoms with Gasteiger partial charge in [0, 0.05) is 42.0 Å². The molecule has 1 amide bonds. The van der Waals surface area contributed by atoms with Crippen LogP contribution in [0, 0.1) is 5.82 Å². The van der Waals surface area contributed by atoms with Gasteiger partial charge in [-0.15, -0.1) is 0 Å². The minimum atomic E-state index is -3.45. The minimum absolute atomic E-state index is 0.107. The number of sulfone groups is 1. The van der Waals surface area contributed by atoms with Crippen LogP contribution in [0.5, 0.6) is 5.75 Å². The van der Waals surface area contributed by atoms with Crippen LogP contribution in [0.15, 0.2) is 47.8 Å². The third-order valence-corrected chi connectivity index (χ3v) is 7.47. The molecule has 2 aromatic carbocycles. The van der Waals surface area contributed by atoms with Crippen molar-refractivity contribution >= 4 is 26.9 Å². The lowest BCUT2D eigenvalue weighted by atomic mass is 9.99. The molecule has 4 heterocycles. The van der Waals surface area contributed by atoms with Gasteiger partial charge in [0.25, 0.3) is 5.91 Å². The van der Waals surface area contributed by atoms with Crippen molar-refractivity contribution in [2.75, 3.05) is 18.2 Å². The number of nitrogens with zero attached hydrogens (tertiary/aromatic N) is 3. The number of amides is 1. The largest absolute Gasteiger partial charge is 0.493 e. The Hall–Kier alpha value is -3.79. The number of hydrogen-bond acceptors (Lipinski definition) is 6. The molecule has 4 aromatic rings. The highest BCUT2D eigenvalue weighted by Crippen LogP contribution is 2.37.